The van der Waals surface area contributed by atoms with Gasteiger partial charge in [-0.25, -0.2) is 0 Å². The van der Waals surface area contributed by atoms with Gasteiger partial charge in [-0.3, -0.25) is 9.78 Å². The predicted molar refractivity (Wildman–Crippen MR) is 83.9 cm³/mol. The summed E-state index contributed by atoms with van der Waals surface area (Å²) in [6.45, 7) is 4.06. The summed E-state index contributed by atoms with van der Waals surface area (Å²) in [4.78, 5) is 16.3. The van der Waals surface area contributed by atoms with Crippen molar-refractivity contribution in [3.63, 3.8) is 0 Å². The Balaban J connectivity index is 2.08. The SMILES string of the molecule is COc1ccc(NC(=O)c2cncc(NC(C)C)c2)cc1. The molecule has 0 aliphatic rings. The lowest BCUT2D eigenvalue weighted by atomic mass is 10.2. The van der Waals surface area contributed by atoms with E-state index >= 15 is 0 Å². The van der Waals surface area contributed by atoms with Crippen LogP contribution in [0.25, 0.3) is 0 Å². The topological polar surface area (TPSA) is 63.2 Å². The van der Waals surface area contributed by atoms with Crippen molar-refractivity contribution in [1.82, 2.24) is 4.98 Å². The normalized spacial score (nSPS) is 10.3. The molecule has 21 heavy (non-hydrogen) atoms. The molecule has 2 aromatic rings. The van der Waals surface area contributed by atoms with Crippen LogP contribution >= 0.6 is 0 Å². The lowest BCUT2D eigenvalue weighted by Gasteiger charge is -2.11. The number of nitrogens with zero attached hydrogens (tertiary/aromatic N) is 1. The molecule has 0 radical (unpaired) electrons. The molecule has 0 atom stereocenters. The molecule has 0 spiro atoms. The Bertz CT molecular complexity index is 609. The highest BCUT2D eigenvalue weighted by Gasteiger charge is 2.08. The minimum atomic E-state index is -0.194. The maximum Gasteiger partial charge on any atom is 0.257 e. The van der Waals surface area contributed by atoms with Gasteiger partial charge in [-0.1, -0.05) is 0 Å². The van der Waals surface area contributed by atoms with Crippen LogP contribution in [0.1, 0.15) is 24.2 Å². The molecular formula is C16H19N3O2. The first-order valence-electron chi connectivity index (χ1n) is 6.75. The maximum atomic E-state index is 12.2. The van der Waals surface area contributed by atoms with Crippen molar-refractivity contribution in [2.45, 2.75) is 19.9 Å². The molecule has 110 valence electrons. The van der Waals surface area contributed by atoms with E-state index in [1.165, 1.54) is 0 Å². The molecule has 1 heterocycles. The number of amides is 1. The summed E-state index contributed by atoms with van der Waals surface area (Å²) < 4.78 is 5.08. The molecule has 0 aliphatic carbocycles. The van der Waals surface area contributed by atoms with Crippen LogP contribution in [0.5, 0.6) is 5.75 Å². The number of aromatic nitrogens is 1. The van der Waals surface area contributed by atoms with Gasteiger partial charge in [-0.2, -0.15) is 0 Å². The number of ether oxygens (including phenoxy) is 1. The standard InChI is InChI=1S/C16H19N3O2/c1-11(2)18-14-8-12(9-17-10-14)16(20)19-13-4-6-15(21-3)7-5-13/h4-11,18H,1-3H3,(H,19,20). The number of carbonyl (C=O) groups is 1. The van der Waals surface area contributed by atoms with Gasteiger partial charge in [0.15, 0.2) is 0 Å². The van der Waals surface area contributed by atoms with Crippen LogP contribution in [0.2, 0.25) is 0 Å². The predicted octanol–water partition coefficient (Wildman–Crippen LogP) is 3.16. The van der Waals surface area contributed by atoms with Crippen molar-refractivity contribution < 1.29 is 9.53 Å². The third-order valence-electron chi connectivity index (χ3n) is 2.80. The number of rotatable bonds is 5. The van der Waals surface area contributed by atoms with Gasteiger partial charge in [0.25, 0.3) is 5.91 Å². The van der Waals surface area contributed by atoms with Crippen LogP contribution in [-0.2, 0) is 0 Å². The second-order valence-corrected chi connectivity index (χ2v) is 4.94. The number of hydrogen-bond acceptors (Lipinski definition) is 4. The van der Waals surface area contributed by atoms with E-state index in [0.717, 1.165) is 11.4 Å². The average Bonchev–Trinajstić information content (AvgIpc) is 2.47. The van der Waals surface area contributed by atoms with E-state index in [9.17, 15) is 4.79 Å². The molecular weight excluding hydrogens is 266 g/mol. The third-order valence-corrected chi connectivity index (χ3v) is 2.80. The largest absolute Gasteiger partial charge is 0.497 e. The molecule has 2 N–H and O–H groups in total. The first-order chi connectivity index (χ1) is 10.1. The van der Waals surface area contributed by atoms with Crippen LogP contribution < -0.4 is 15.4 Å². The molecule has 0 saturated carbocycles. The van der Waals surface area contributed by atoms with E-state index in [1.54, 1.807) is 49.8 Å². The van der Waals surface area contributed by atoms with Crippen molar-refractivity contribution in [3.05, 3.63) is 48.3 Å². The molecule has 0 unspecified atom stereocenters. The summed E-state index contributed by atoms with van der Waals surface area (Å²) in [5.41, 5.74) is 2.05. The second-order valence-electron chi connectivity index (χ2n) is 4.94. The zero-order chi connectivity index (χ0) is 15.2. The van der Waals surface area contributed by atoms with E-state index in [0.29, 0.717) is 11.3 Å². The number of carbonyl (C=O) groups excluding carboxylic acids is 1. The van der Waals surface area contributed by atoms with Crippen LogP contribution in [0.4, 0.5) is 11.4 Å². The van der Waals surface area contributed by atoms with Gasteiger partial charge in [0.1, 0.15) is 5.75 Å². The lowest BCUT2D eigenvalue weighted by Crippen LogP contribution is -2.14. The number of methoxy groups -OCH3 is 1. The maximum absolute atomic E-state index is 12.2. The van der Waals surface area contributed by atoms with Crippen LogP contribution in [0, 0.1) is 0 Å². The smallest absolute Gasteiger partial charge is 0.257 e. The van der Waals surface area contributed by atoms with E-state index < -0.39 is 0 Å². The van der Waals surface area contributed by atoms with Crippen molar-refractivity contribution in [1.29, 1.82) is 0 Å². The zero-order valence-electron chi connectivity index (χ0n) is 12.4. The summed E-state index contributed by atoms with van der Waals surface area (Å²) in [6.07, 6.45) is 3.24. The zero-order valence-corrected chi connectivity index (χ0v) is 12.4. The van der Waals surface area contributed by atoms with E-state index in [1.807, 2.05) is 13.8 Å². The Labute approximate surface area is 124 Å². The number of nitrogens with one attached hydrogen (secondary N) is 2. The van der Waals surface area contributed by atoms with Gasteiger partial charge in [0.05, 0.1) is 18.4 Å². The first kappa shape index (κ1) is 14.8. The Kier molecular flexibility index (Phi) is 4.77. The molecule has 0 saturated heterocycles. The molecule has 1 amide bonds. The Morgan fingerprint density at radius 2 is 1.86 bits per heavy atom. The molecule has 1 aromatic heterocycles. The molecule has 0 fully saturated rings. The fourth-order valence-corrected chi connectivity index (χ4v) is 1.85. The fourth-order valence-electron chi connectivity index (χ4n) is 1.85. The van der Waals surface area contributed by atoms with Gasteiger partial charge < -0.3 is 15.4 Å². The number of hydrogen-bond donors (Lipinski definition) is 2. The van der Waals surface area contributed by atoms with Crippen LogP contribution in [0.15, 0.2) is 42.7 Å². The molecule has 0 aliphatic heterocycles. The summed E-state index contributed by atoms with van der Waals surface area (Å²) >= 11 is 0. The molecule has 2 rings (SSSR count). The highest BCUT2D eigenvalue weighted by molar-refractivity contribution is 6.04. The Morgan fingerprint density at radius 3 is 2.48 bits per heavy atom. The fraction of sp³-hybridized carbons (Fsp3) is 0.250. The lowest BCUT2D eigenvalue weighted by molar-refractivity contribution is 0.102. The molecule has 5 nitrogen and oxygen atoms in total. The highest BCUT2D eigenvalue weighted by atomic mass is 16.5. The molecule has 5 heteroatoms. The average molecular weight is 285 g/mol. The summed E-state index contributed by atoms with van der Waals surface area (Å²) in [7, 11) is 1.60. The van der Waals surface area contributed by atoms with E-state index in [-0.39, 0.29) is 11.9 Å². The van der Waals surface area contributed by atoms with Gasteiger partial charge in [0.2, 0.25) is 0 Å². The van der Waals surface area contributed by atoms with Crippen LogP contribution in [0.3, 0.4) is 0 Å². The minimum Gasteiger partial charge on any atom is -0.497 e. The van der Waals surface area contributed by atoms with E-state index in [4.69, 9.17) is 4.74 Å². The molecule has 1 aromatic carbocycles. The van der Waals surface area contributed by atoms with Gasteiger partial charge in [-0.15, -0.1) is 0 Å². The van der Waals surface area contributed by atoms with Crippen molar-refractivity contribution >= 4 is 17.3 Å². The third kappa shape index (κ3) is 4.21. The van der Waals surface area contributed by atoms with Crippen LogP contribution in [-0.4, -0.2) is 24.0 Å². The number of benzene rings is 1. The van der Waals surface area contributed by atoms with Crippen molar-refractivity contribution in [2.75, 3.05) is 17.7 Å². The highest BCUT2D eigenvalue weighted by Crippen LogP contribution is 2.16. The monoisotopic (exact) mass is 285 g/mol. The minimum absolute atomic E-state index is 0.194. The van der Waals surface area contributed by atoms with E-state index in [2.05, 4.69) is 15.6 Å². The first-order valence-corrected chi connectivity index (χ1v) is 6.75. The summed E-state index contributed by atoms with van der Waals surface area (Å²) in [6, 6.07) is 9.24. The van der Waals surface area contributed by atoms with Gasteiger partial charge in [0, 0.05) is 24.1 Å². The number of pyridine rings is 1. The van der Waals surface area contributed by atoms with Crippen molar-refractivity contribution in [3.8, 4) is 5.75 Å². The Morgan fingerprint density at radius 1 is 1.14 bits per heavy atom. The number of anilines is 2. The van der Waals surface area contributed by atoms with Gasteiger partial charge in [-0.05, 0) is 44.2 Å². The van der Waals surface area contributed by atoms with Crippen molar-refractivity contribution in [2.24, 2.45) is 0 Å². The quantitative estimate of drug-likeness (QED) is 0.885. The Hall–Kier alpha value is -2.56. The summed E-state index contributed by atoms with van der Waals surface area (Å²) in [5.74, 6) is 0.554. The van der Waals surface area contributed by atoms with Gasteiger partial charge >= 0.3 is 0 Å². The second kappa shape index (κ2) is 6.74. The summed E-state index contributed by atoms with van der Waals surface area (Å²) in [5, 5.41) is 6.05. The molecule has 0 bridgehead atoms.